The van der Waals surface area contributed by atoms with Gasteiger partial charge in [-0.25, -0.2) is 0 Å². The topological polar surface area (TPSA) is 52.5 Å². The van der Waals surface area contributed by atoms with E-state index in [0.29, 0.717) is 6.54 Å². The third kappa shape index (κ3) is 4.02. The van der Waals surface area contributed by atoms with Gasteiger partial charge in [-0.3, -0.25) is 0 Å². The number of halogens is 1. The maximum absolute atomic E-state index is 9.89. The van der Waals surface area contributed by atoms with Gasteiger partial charge < -0.3 is 15.5 Å². The normalized spacial score (nSPS) is 16.2. The molecule has 0 aliphatic heterocycles. The lowest BCUT2D eigenvalue weighted by molar-refractivity contribution is 0.00161. The number of thiophene rings is 2. The molecule has 3 N–H and O–H groups in total. The number of hydrogen-bond donors (Lipinski definition) is 3. The second kappa shape index (κ2) is 6.35. The molecule has 0 radical (unpaired) electrons. The summed E-state index contributed by atoms with van der Waals surface area (Å²) in [4.78, 5) is 2.26. The Bertz CT molecular complexity index is 510. The van der Waals surface area contributed by atoms with Crippen LogP contribution in [0, 0.1) is 0 Å². The van der Waals surface area contributed by atoms with Crippen molar-refractivity contribution in [1.82, 2.24) is 5.32 Å². The van der Waals surface area contributed by atoms with Crippen LogP contribution in [0.5, 0.6) is 0 Å². The van der Waals surface area contributed by atoms with E-state index in [1.165, 1.54) is 11.3 Å². The summed E-state index contributed by atoms with van der Waals surface area (Å²) in [6, 6.07) is 7.89. The molecule has 104 valence electrons. The summed E-state index contributed by atoms with van der Waals surface area (Å²) in [5.41, 5.74) is -1.13. The summed E-state index contributed by atoms with van der Waals surface area (Å²) >= 11 is 9.16. The third-order valence-electron chi connectivity index (χ3n) is 2.73. The number of hydrogen-bond acceptors (Lipinski definition) is 5. The van der Waals surface area contributed by atoms with Crippen LogP contribution in [0.2, 0.25) is 4.34 Å². The van der Waals surface area contributed by atoms with Crippen LogP contribution in [0.4, 0.5) is 0 Å². The van der Waals surface area contributed by atoms with Gasteiger partial charge in [-0.05, 0) is 30.5 Å². The first-order valence-electron chi connectivity index (χ1n) is 5.87. The van der Waals surface area contributed by atoms with Crippen LogP contribution in [0.3, 0.4) is 0 Å². The molecule has 0 aliphatic carbocycles. The van der Waals surface area contributed by atoms with Gasteiger partial charge in [-0.1, -0.05) is 17.7 Å². The van der Waals surface area contributed by atoms with E-state index in [2.05, 4.69) is 5.32 Å². The molecule has 3 nitrogen and oxygen atoms in total. The average molecular weight is 318 g/mol. The highest BCUT2D eigenvalue weighted by Crippen LogP contribution is 2.33. The minimum Gasteiger partial charge on any atom is -0.393 e. The van der Waals surface area contributed by atoms with E-state index < -0.39 is 5.60 Å². The molecule has 2 aromatic heterocycles. The SMILES string of the molecule is CC(O)(CO)CNC(c1cccs1)c1ccc(Cl)s1. The molecule has 0 saturated heterocycles. The van der Waals surface area contributed by atoms with E-state index in [1.54, 1.807) is 18.3 Å². The minimum atomic E-state index is -1.13. The van der Waals surface area contributed by atoms with Crippen molar-refractivity contribution in [3.8, 4) is 0 Å². The lowest BCUT2D eigenvalue weighted by Crippen LogP contribution is -2.42. The lowest BCUT2D eigenvalue weighted by Gasteiger charge is -2.24. The monoisotopic (exact) mass is 317 g/mol. The van der Waals surface area contributed by atoms with Gasteiger partial charge in [0.25, 0.3) is 0 Å². The average Bonchev–Trinajstić information content (AvgIpc) is 3.02. The van der Waals surface area contributed by atoms with E-state index in [1.807, 2.05) is 29.6 Å². The van der Waals surface area contributed by atoms with Crippen molar-refractivity contribution in [2.75, 3.05) is 13.2 Å². The predicted molar refractivity (Wildman–Crippen MR) is 81.2 cm³/mol. The molecule has 2 rings (SSSR count). The molecule has 0 fully saturated rings. The first-order valence-corrected chi connectivity index (χ1v) is 7.94. The predicted octanol–water partition coefficient (Wildman–Crippen LogP) is 2.89. The van der Waals surface area contributed by atoms with E-state index in [9.17, 15) is 5.11 Å². The summed E-state index contributed by atoms with van der Waals surface area (Å²) in [6.07, 6.45) is 0. The molecule has 2 atom stereocenters. The standard InChI is InChI=1S/C13H16ClNO2S2/c1-13(17,8-16)7-15-12(9-3-2-6-18-9)10-4-5-11(14)19-10/h2-6,12,15-17H,7-8H2,1H3. The van der Waals surface area contributed by atoms with E-state index in [0.717, 1.165) is 14.1 Å². The highest BCUT2D eigenvalue weighted by atomic mass is 35.5. The Morgan fingerprint density at radius 2 is 2.16 bits per heavy atom. The maximum Gasteiger partial charge on any atom is 0.0973 e. The van der Waals surface area contributed by atoms with Crippen LogP contribution in [0.1, 0.15) is 22.7 Å². The largest absolute Gasteiger partial charge is 0.393 e. The van der Waals surface area contributed by atoms with Gasteiger partial charge in [-0.15, -0.1) is 22.7 Å². The molecular formula is C13H16ClNO2S2. The van der Waals surface area contributed by atoms with E-state index in [-0.39, 0.29) is 12.6 Å². The van der Waals surface area contributed by atoms with Crippen LogP contribution < -0.4 is 5.32 Å². The highest BCUT2D eigenvalue weighted by molar-refractivity contribution is 7.16. The number of nitrogens with one attached hydrogen (secondary N) is 1. The number of rotatable bonds is 6. The first-order chi connectivity index (χ1) is 9.02. The molecule has 0 aromatic carbocycles. The van der Waals surface area contributed by atoms with Crippen molar-refractivity contribution in [3.05, 3.63) is 43.7 Å². The van der Waals surface area contributed by atoms with Crippen molar-refractivity contribution in [1.29, 1.82) is 0 Å². The highest BCUT2D eigenvalue weighted by Gasteiger charge is 2.23. The maximum atomic E-state index is 9.89. The quantitative estimate of drug-likeness (QED) is 0.768. The molecule has 19 heavy (non-hydrogen) atoms. The summed E-state index contributed by atoms with van der Waals surface area (Å²) in [7, 11) is 0. The van der Waals surface area contributed by atoms with Gasteiger partial charge in [-0.2, -0.15) is 0 Å². The van der Waals surface area contributed by atoms with Gasteiger partial charge in [0, 0.05) is 16.3 Å². The summed E-state index contributed by atoms with van der Waals surface area (Å²) in [5, 5.41) is 24.3. The Balaban J connectivity index is 2.16. The Hall–Kier alpha value is -0.430. The Morgan fingerprint density at radius 3 is 2.68 bits per heavy atom. The van der Waals surface area contributed by atoms with Crippen molar-refractivity contribution in [2.24, 2.45) is 0 Å². The first kappa shape index (κ1) is 15.0. The van der Waals surface area contributed by atoms with E-state index >= 15 is 0 Å². The van der Waals surface area contributed by atoms with Crippen molar-refractivity contribution in [2.45, 2.75) is 18.6 Å². The molecule has 6 heteroatoms. The van der Waals surface area contributed by atoms with Gasteiger partial charge in [0.2, 0.25) is 0 Å². The molecule has 0 amide bonds. The molecular weight excluding hydrogens is 302 g/mol. The van der Waals surface area contributed by atoms with Crippen molar-refractivity contribution >= 4 is 34.3 Å². The number of aliphatic hydroxyl groups is 2. The van der Waals surface area contributed by atoms with Gasteiger partial charge in [0.1, 0.15) is 0 Å². The van der Waals surface area contributed by atoms with Crippen molar-refractivity contribution < 1.29 is 10.2 Å². The zero-order chi connectivity index (χ0) is 13.9. The summed E-state index contributed by atoms with van der Waals surface area (Å²) < 4.78 is 0.743. The summed E-state index contributed by atoms with van der Waals surface area (Å²) in [5.74, 6) is 0. The van der Waals surface area contributed by atoms with Crippen LogP contribution in [-0.2, 0) is 0 Å². The molecule has 0 saturated carbocycles. The second-order valence-electron chi connectivity index (χ2n) is 4.63. The zero-order valence-electron chi connectivity index (χ0n) is 10.5. The molecule has 0 spiro atoms. The number of aliphatic hydroxyl groups excluding tert-OH is 1. The van der Waals surface area contributed by atoms with Crippen LogP contribution in [0.25, 0.3) is 0 Å². The van der Waals surface area contributed by atoms with E-state index in [4.69, 9.17) is 16.7 Å². The lowest BCUT2D eigenvalue weighted by atomic mass is 10.1. The van der Waals surface area contributed by atoms with Crippen LogP contribution >= 0.6 is 34.3 Å². The minimum absolute atomic E-state index is 0.00414. The van der Waals surface area contributed by atoms with Gasteiger partial charge in [0.15, 0.2) is 0 Å². The Morgan fingerprint density at radius 1 is 1.37 bits per heavy atom. The molecule has 0 bridgehead atoms. The molecule has 2 heterocycles. The zero-order valence-corrected chi connectivity index (χ0v) is 12.9. The Labute approximate surface area is 125 Å². The van der Waals surface area contributed by atoms with Crippen LogP contribution in [-0.4, -0.2) is 29.0 Å². The molecule has 0 aliphatic rings. The van der Waals surface area contributed by atoms with Gasteiger partial charge in [0.05, 0.1) is 22.6 Å². The van der Waals surface area contributed by atoms with Gasteiger partial charge >= 0.3 is 0 Å². The molecule has 2 unspecified atom stereocenters. The second-order valence-corrected chi connectivity index (χ2v) is 7.35. The molecule has 2 aromatic rings. The third-order valence-corrected chi connectivity index (χ3v) is 4.97. The Kier molecular flexibility index (Phi) is 5.00. The fraction of sp³-hybridized carbons (Fsp3) is 0.385. The smallest absolute Gasteiger partial charge is 0.0973 e. The summed E-state index contributed by atoms with van der Waals surface area (Å²) in [6.45, 7) is 1.64. The fourth-order valence-corrected chi connectivity index (χ4v) is 3.71. The van der Waals surface area contributed by atoms with Crippen molar-refractivity contribution in [3.63, 3.8) is 0 Å². The van der Waals surface area contributed by atoms with Crippen LogP contribution in [0.15, 0.2) is 29.6 Å². The fourth-order valence-electron chi connectivity index (χ4n) is 1.66.